The van der Waals surface area contributed by atoms with Gasteiger partial charge in [-0.2, -0.15) is 0 Å². The van der Waals surface area contributed by atoms with E-state index in [9.17, 15) is 0 Å². The highest BCUT2D eigenvalue weighted by atomic mass is 127. The average Bonchev–Trinajstić information content (AvgIpc) is 2.60. The molecule has 0 N–H and O–H groups in total. The Morgan fingerprint density at radius 3 is 3.00 bits per heavy atom. The van der Waals surface area contributed by atoms with Crippen LogP contribution in [0.1, 0.15) is 12.8 Å². The van der Waals surface area contributed by atoms with Gasteiger partial charge in [-0.25, -0.2) is 0 Å². The third-order valence-electron chi connectivity index (χ3n) is 3.32. The molecule has 2 rings (SSSR count). The van der Waals surface area contributed by atoms with Crippen LogP contribution in [-0.4, -0.2) is 42.2 Å². The van der Waals surface area contributed by atoms with Crippen molar-refractivity contribution in [3.8, 4) is 0 Å². The molecular formula is C9H16INO. The first-order valence-electron chi connectivity index (χ1n) is 4.63. The predicted molar refractivity (Wildman–Crippen MR) is 57.8 cm³/mol. The van der Waals surface area contributed by atoms with E-state index in [-0.39, 0.29) is 0 Å². The molecule has 0 aromatic heterocycles. The Kier molecular flexibility index (Phi) is 2.63. The van der Waals surface area contributed by atoms with Crippen molar-refractivity contribution in [3.63, 3.8) is 0 Å². The second kappa shape index (κ2) is 3.42. The van der Waals surface area contributed by atoms with Crippen LogP contribution in [0, 0.1) is 5.41 Å². The molecule has 2 atom stereocenters. The van der Waals surface area contributed by atoms with Gasteiger partial charge in [0.25, 0.3) is 0 Å². The minimum absolute atomic E-state index is 0.524. The summed E-state index contributed by atoms with van der Waals surface area (Å²) in [5.41, 5.74) is 0.524. The lowest BCUT2D eigenvalue weighted by Gasteiger charge is -2.27. The number of rotatable bonds is 1. The predicted octanol–water partition coefficient (Wildman–Crippen LogP) is 1.53. The van der Waals surface area contributed by atoms with E-state index in [1.807, 2.05) is 0 Å². The Hall–Kier alpha value is 0.650. The van der Waals surface area contributed by atoms with Crippen LogP contribution in [0.2, 0.25) is 0 Å². The maximum absolute atomic E-state index is 5.75. The van der Waals surface area contributed by atoms with E-state index >= 15 is 0 Å². The molecule has 2 saturated heterocycles. The molecule has 2 unspecified atom stereocenters. The number of nitrogens with zero attached hydrogens (tertiary/aromatic N) is 1. The highest BCUT2D eigenvalue weighted by molar-refractivity contribution is 14.1. The number of hydrogen-bond acceptors (Lipinski definition) is 2. The first kappa shape index (κ1) is 9.21. The summed E-state index contributed by atoms with van der Waals surface area (Å²) in [5.74, 6) is 0. The van der Waals surface area contributed by atoms with Crippen LogP contribution in [0.3, 0.4) is 0 Å². The van der Waals surface area contributed by atoms with E-state index in [1.54, 1.807) is 0 Å². The van der Waals surface area contributed by atoms with Gasteiger partial charge in [0.1, 0.15) is 0 Å². The highest BCUT2D eigenvalue weighted by Gasteiger charge is 2.46. The molecule has 0 amide bonds. The topological polar surface area (TPSA) is 12.5 Å². The maximum atomic E-state index is 5.75. The molecule has 70 valence electrons. The molecule has 2 heterocycles. The summed E-state index contributed by atoms with van der Waals surface area (Å²) >= 11 is 2.45. The minimum atomic E-state index is 0.524. The van der Waals surface area contributed by atoms with Crippen LogP contribution in [0.5, 0.6) is 0 Å². The lowest BCUT2D eigenvalue weighted by Crippen LogP contribution is -2.34. The van der Waals surface area contributed by atoms with Gasteiger partial charge in [0.05, 0.1) is 6.10 Å². The quantitative estimate of drug-likeness (QED) is 0.534. The standard InChI is InChI=1S/C9H16INO/c1-11-4-2-9(7-11)3-5-12-8(9)6-10/h8H,2-7H2,1H3. The number of likely N-dealkylation sites (tertiary alicyclic amines) is 1. The van der Waals surface area contributed by atoms with Crippen molar-refractivity contribution >= 4 is 22.6 Å². The first-order valence-corrected chi connectivity index (χ1v) is 6.15. The third kappa shape index (κ3) is 1.40. The molecule has 2 aliphatic rings. The summed E-state index contributed by atoms with van der Waals surface area (Å²) in [4.78, 5) is 2.44. The van der Waals surface area contributed by atoms with Crippen LogP contribution in [0.15, 0.2) is 0 Å². The van der Waals surface area contributed by atoms with Gasteiger partial charge < -0.3 is 9.64 Å². The molecule has 0 aromatic rings. The van der Waals surface area contributed by atoms with Gasteiger partial charge in [-0.3, -0.25) is 0 Å². The SMILES string of the molecule is CN1CCC2(CCOC2CI)C1. The summed E-state index contributed by atoms with van der Waals surface area (Å²) in [6, 6.07) is 0. The lowest BCUT2D eigenvalue weighted by atomic mass is 9.81. The molecular weight excluding hydrogens is 265 g/mol. The second-order valence-electron chi connectivity index (χ2n) is 4.11. The number of hydrogen-bond donors (Lipinski definition) is 0. The summed E-state index contributed by atoms with van der Waals surface area (Å²) < 4.78 is 6.91. The molecule has 0 aromatic carbocycles. The fraction of sp³-hybridized carbons (Fsp3) is 1.00. The van der Waals surface area contributed by atoms with E-state index in [2.05, 4.69) is 34.5 Å². The van der Waals surface area contributed by atoms with Crippen LogP contribution >= 0.6 is 22.6 Å². The molecule has 0 aliphatic carbocycles. The summed E-state index contributed by atoms with van der Waals surface area (Å²) in [7, 11) is 2.22. The molecule has 0 radical (unpaired) electrons. The summed E-state index contributed by atoms with van der Waals surface area (Å²) in [6.45, 7) is 3.50. The zero-order valence-electron chi connectivity index (χ0n) is 7.55. The number of alkyl halides is 1. The normalized spacial score (nSPS) is 43.0. The van der Waals surface area contributed by atoms with Gasteiger partial charge in [0, 0.05) is 23.0 Å². The van der Waals surface area contributed by atoms with Gasteiger partial charge in [0.2, 0.25) is 0 Å². The Labute approximate surface area is 87.8 Å². The van der Waals surface area contributed by atoms with E-state index in [0.29, 0.717) is 11.5 Å². The Balaban J connectivity index is 2.09. The Morgan fingerprint density at radius 2 is 2.42 bits per heavy atom. The van der Waals surface area contributed by atoms with Gasteiger partial charge in [-0.15, -0.1) is 0 Å². The largest absolute Gasteiger partial charge is 0.377 e. The maximum Gasteiger partial charge on any atom is 0.0734 e. The number of ether oxygens (including phenoxy) is 1. The van der Waals surface area contributed by atoms with E-state index < -0.39 is 0 Å². The lowest BCUT2D eigenvalue weighted by molar-refractivity contribution is 0.0744. The zero-order valence-corrected chi connectivity index (χ0v) is 9.71. The van der Waals surface area contributed by atoms with Gasteiger partial charge in [0.15, 0.2) is 0 Å². The molecule has 3 heteroatoms. The monoisotopic (exact) mass is 281 g/mol. The molecule has 0 bridgehead atoms. The van der Waals surface area contributed by atoms with E-state index in [0.717, 1.165) is 11.0 Å². The smallest absolute Gasteiger partial charge is 0.0734 e. The molecule has 0 saturated carbocycles. The van der Waals surface area contributed by atoms with E-state index in [4.69, 9.17) is 4.74 Å². The van der Waals surface area contributed by atoms with Crippen LogP contribution in [0.25, 0.3) is 0 Å². The van der Waals surface area contributed by atoms with Gasteiger partial charge in [-0.05, 0) is 26.4 Å². The molecule has 12 heavy (non-hydrogen) atoms. The van der Waals surface area contributed by atoms with Crippen molar-refractivity contribution in [2.24, 2.45) is 5.41 Å². The van der Waals surface area contributed by atoms with Crippen LogP contribution in [-0.2, 0) is 4.74 Å². The van der Waals surface area contributed by atoms with Crippen molar-refractivity contribution in [2.45, 2.75) is 18.9 Å². The number of halogens is 1. The Bertz CT molecular complexity index is 176. The third-order valence-corrected chi connectivity index (χ3v) is 4.12. The van der Waals surface area contributed by atoms with Gasteiger partial charge in [-0.1, -0.05) is 22.6 Å². The minimum Gasteiger partial charge on any atom is -0.377 e. The Morgan fingerprint density at radius 1 is 1.58 bits per heavy atom. The van der Waals surface area contributed by atoms with Crippen molar-refractivity contribution in [1.29, 1.82) is 0 Å². The zero-order chi connectivity index (χ0) is 8.60. The van der Waals surface area contributed by atoms with Crippen LogP contribution in [0.4, 0.5) is 0 Å². The van der Waals surface area contributed by atoms with E-state index in [1.165, 1.54) is 25.9 Å². The summed E-state index contributed by atoms with van der Waals surface area (Å²) in [6.07, 6.45) is 3.16. The van der Waals surface area contributed by atoms with Crippen molar-refractivity contribution in [2.75, 3.05) is 31.2 Å². The fourth-order valence-corrected chi connectivity index (χ4v) is 3.71. The second-order valence-corrected chi connectivity index (χ2v) is 4.99. The molecule has 2 nitrogen and oxygen atoms in total. The van der Waals surface area contributed by atoms with Crippen molar-refractivity contribution in [1.82, 2.24) is 4.90 Å². The van der Waals surface area contributed by atoms with Gasteiger partial charge >= 0.3 is 0 Å². The highest BCUT2D eigenvalue weighted by Crippen LogP contribution is 2.43. The fourth-order valence-electron chi connectivity index (χ4n) is 2.53. The first-order chi connectivity index (χ1) is 5.77. The van der Waals surface area contributed by atoms with Crippen LogP contribution < -0.4 is 0 Å². The average molecular weight is 281 g/mol. The molecule has 2 aliphatic heterocycles. The molecule has 1 spiro atoms. The summed E-state index contributed by atoms with van der Waals surface area (Å²) in [5, 5.41) is 0. The van der Waals surface area contributed by atoms with Crippen molar-refractivity contribution in [3.05, 3.63) is 0 Å². The van der Waals surface area contributed by atoms with Crippen molar-refractivity contribution < 1.29 is 4.74 Å². The molecule has 2 fully saturated rings.